The number of amides is 1. The second-order valence-electron chi connectivity index (χ2n) is 7.41. The van der Waals surface area contributed by atoms with Crippen LogP contribution >= 0.6 is 0 Å². The highest BCUT2D eigenvalue weighted by molar-refractivity contribution is 6.10. The molecule has 2 heterocycles. The lowest BCUT2D eigenvalue weighted by Crippen LogP contribution is -2.39. The first kappa shape index (κ1) is 15.8. The molecule has 3 rings (SSSR count). The fourth-order valence-corrected chi connectivity index (χ4v) is 3.54. The Kier molecular flexibility index (Phi) is 3.82. The molecule has 1 aromatic heterocycles. The van der Waals surface area contributed by atoms with Crippen LogP contribution in [0.4, 0.5) is 0 Å². The number of furan rings is 1. The molecule has 1 unspecified atom stereocenters. The normalized spacial score (nSPS) is 23.2. The van der Waals surface area contributed by atoms with Crippen molar-refractivity contribution in [1.82, 2.24) is 4.90 Å². The summed E-state index contributed by atoms with van der Waals surface area (Å²) in [7, 11) is 0. The van der Waals surface area contributed by atoms with Gasteiger partial charge in [0, 0.05) is 11.5 Å². The third-order valence-electron chi connectivity index (χ3n) is 4.70. The Labute approximate surface area is 136 Å². The van der Waals surface area contributed by atoms with E-state index < -0.39 is 23.1 Å². The van der Waals surface area contributed by atoms with E-state index in [0.29, 0.717) is 5.76 Å². The van der Waals surface area contributed by atoms with E-state index >= 15 is 0 Å². The molecule has 1 aromatic rings. The first-order valence-corrected chi connectivity index (χ1v) is 8.16. The van der Waals surface area contributed by atoms with Gasteiger partial charge in [0.25, 0.3) is 5.91 Å². The van der Waals surface area contributed by atoms with Gasteiger partial charge in [-0.3, -0.25) is 9.59 Å². The van der Waals surface area contributed by atoms with Crippen LogP contribution in [0.5, 0.6) is 0 Å². The SMILES string of the molecule is CC(C)(C)C(=O)C1=C(O)C(=O)N(C2CCCC2)C1c1ccco1. The van der Waals surface area contributed by atoms with Crippen LogP contribution in [-0.4, -0.2) is 27.7 Å². The minimum absolute atomic E-state index is 0.0463. The number of aliphatic hydroxyl groups excluding tert-OH is 1. The second-order valence-corrected chi connectivity index (χ2v) is 7.41. The molecule has 1 saturated carbocycles. The number of carbonyl (C=O) groups excluding carboxylic acids is 2. The fourth-order valence-electron chi connectivity index (χ4n) is 3.54. The highest BCUT2D eigenvalue weighted by Gasteiger charge is 2.49. The summed E-state index contributed by atoms with van der Waals surface area (Å²) in [6, 6.07) is 2.92. The summed E-state index contributed by atoms with van der Waals surface area (Å²) in [6.45, 7) is 5.37. The number of nitrogens with zero attached hydrogens (tertiary/aromatic N) is 1. The lowest BCUT2D eigenvalue weighted by atomic mass is 9.83. The lowest BCUT2D eigenvalue weighted by molar-refractivity contribution is -0.132. The molecule has 1 aliphatic carbocycles. The molecule has 124 valence electrons. The fraction of sp³-hybridized carbons (Fsp3) is 0.556. The van der Waals surface area contributed by atoms with Crippen LogP contribution in [0.3, 0.4) is 0 Å². The monoisotopic (exact) mass is 317 g/mol. The predicted molar refractivity (Wildman–Crippen MR) is 84.7 cm³/mol. The summed E-state index contributed by atoms with van der Waals surface area (Å²) in [5.74, 6) is -0.559. The van der Waals surface area contributed by atoms with Gasteiger partial charge in [-0.15, -0.1) is 0 Å². The van der Waals surface area contributed by atoms with E-state index in [2.05, 4.69) is 0 Å². The van der Waals surface area contributed by atoms with Crippen molar-refractivity contribution in [1.29, 1.82) is 0 Å². The molecule has 0 saturated heterocycles. The molecular formula is C18H23NO4. The van der Waals surface area contributed by atoms with Crippen LogP contribution < -0.4 is 0 Å². The zero-order chi connectivity index (χ0) is 16.8. The van der Waals surface area contributed by atoms with Gasteiger partial charge in [-0.1, -0.05) is 33.6 Å². The number of ketones is 1. The van der Waals surface area contributed by atoms with Crippen LogP contribution in [0.2, 0.25) is 0 Å². The number of Topliss-reactive ketones (excluding diaryl/α,β-unsaturated/α-hetero) is 1. The van der Waals surface area contributed by atoms with Gasteiger partial charge in [0.15, 0.2) is 11.5 Å². The van der Waals surface area contributed by atoms with Crippen LogP contribution in [0, 0.1) is 5.41 Å². The first-order chi connectivity index (χ1) is 10.8. The molecule has 1 amide bonds. The Bertz CT molecular complexity index is 645. The quantitative estimate of drug-likeness (QED) is 0.925. The summed E-state index contributed by atoms with van der Waals surface area (Å²) in [5.41, 5.74) is -0.510. The highest BCUT2D eigenvalue weighted by Crippen LogP contribution is 2.44. The average molecular weight is 317 g/mol. The molecule has 23 heavy (non-hydrogen) atoms. The van der Waals surface area contributed by atoms with E-state index in [1.807, 2.05) is 0 Å². The molecule has 0 aromatic carbocycles. The van der Waals surface area contributed by atoms with Gasteiger partial charge in [0.05, 0.1) is 11.8 Å². The van der Waals surface area contributed by atoms with Crippen molar-refractivity contribution in [3.05, 3.63) is 35.5 Å². The summed E-state index contributed by atoms with van der Waals surface area (Å²) < 4.78 is 5.51. The molecule has 5 nitrogen and oxygen atoms in total. The maximum Gasteiger partial charge on any atom is 0.290 e. The zero-order valence-electron chi connectivity index (χ0n) is 13.8. The van der Waals surface area contributed by atoms with E-state index in [4.69, 9.17) is 4.42 Å². The van der Waals surface area contributed by atoms with E-state index in [1.54, 1.807) is 37.8 Å². The third kappa shape index (κ3) is 2.58. The van der Waals surface area contributed by atoms with Gasteiger partial charge in [-0.05, 0) is 25.0 Å². The number of hydrogen-bond acceptors (Lipinski definition) is 4. The van der Waals surface area contributed by atoms with Crippen LogP contribution in [0.1, 0.15) is 58.3 Å². The molecule has 2 aliphatic rings. The van der Waals surface area contributed by atoms with Gasteiger partial charge in [0.2, 0.25) is 0 Å². The largest absolute Gasteiger partial charge is 0.503 e. The van der Waals surface area contributed by atoms with Crippen molar-refractivity contribution in [3.8, 4) is 0 Å². The van der Waals surface area contributed by atoms with Crippen LogP contribution in [0.25, 0.3) is 0 Å². The van der Waals surface area contributed by atoms with Gasteiger partial charge in [-0.2, -0.15) is 0 Å². The standard InChI is InChI=1S/C18H23NO4/c1-18(2,3)16(21)13-14(12-9-6-10-23-12)19(17(22)15(13)20)11-7-4-5-8-11/h6,9-11,14,20H,4-5,7-8H2,1-3H3. The average Bonchev–Trinajstić information content (AvgIpc) is 3.20. The molecule has 1 aliphatic heterocycles. The smallest absolute Gasteiger partial charge is 0.290 e. The molecule has 1 N–H and O–H groups in total. The summed E-state index contributed by atoms with van der Waals surface area (Å²) in [6.07, 6.45) is 5.44. The van der Waals surface area contributed by atoms with Crippen LogP contribution in [0.15, 0.2) is 34.1 Å². The minimum Gasteiger partial charge on any atom is -0.503 e. The van der Waals surface area contributed by atoms with E-state index in [0.717, 1.165) is 25.7 Å². The zero-order valence-corrected chi connectivity index (χ0v) is 13.8. The maximum atomic E-state index is 12.9. The second kappa shape index (κ2) is 5.55. The number of aliphatic hydroxyl groups is 1. The molecule has 0 spiro atoms. The van der Waals surface area contributed by atoms with E-state index in [1.165, 1.54) is 6.26 Å². The Morgan fingerprint density at radius 3 is 2.48 bits per heavy atom. The van der Waals surface area contributed by atoms with Gasteiger partial charge in [-0.25, -0.2) is 0 Å². The number of rotatable bonds is 3. The Balaban J connectivity index is 2.08. The Morgan fingerprint density at radius 2 is 1.96 bits per heavy atom. The maximum absolute atomic E-state index is 12.9. The van der Waals surface area contributed by atoms with E-state index in [-0.39, 0.29) is 17.4 Å². The number of carbonyl (C=O) groups is 2. The van der Waals surface area contributed by atoms with Crippen molar-refractivity contribution in [2.75, 3.05) is 0 Å². The molecule has 0 radical (unpaired) electrons. The van der Waals surface area contributed by atoms with Crippen molar-refractivity contribution in [2.24, 2.45) is 5.41 Å². The minimum atomic E-state index is -0.680. The van der Waals surface area contributed by atoms with Gasteiger partial charge < -0.3 is 14.4 Å². The van der Waals surface area contributed by atoms with Gasteiger partial charge in [0.1, 0.15) is 11.8 Å². The molecular weight excluding hydrogens is 294 g/mol. The van der Waals surface area contributed by atoms with Gasteiger partial charge >= 0.3 is 0 Å². The van der Waals surface area contributed by atoms with Crippen molar-refractivity contribution in [2.45, 2.75) is 58.5 Å². The Morgan fingerprint density at radius 1 is 1.30 bits per heavy atom. The van der Waals surface area contributed by atoms with E-state index in [9.17, 15) is 14.7 Å². The molecule has 0 bridgehead atoms. The summed E-state index contributed by atoms with van der Waals surface area (Å²) in [5, 5.41) is 10.4. The molecule has 5 heteroatoms. The summed E-state index contributed by atoms with van der Waals surface area (Å²) in [4.78, 5) is 27.2. The predicted octanol–water partition coefficient (Wildman–Crippen LogP) is 3.53. The number of hydrogen-bond donors (Lipinski definition) is 1. The van der Waals surface area contributed by atoms with Crippen molar-refractivity contribution in [3.63, 3.8) is 0 Å². The lowest BCUT2D eigenvalue weighted by Gasteiger charge is -2.31. The molecule has 1 atom stereocenters. The van der Waals surface area contributed by atoms with Crippen LogP contribution in [-0.2, 0) is 9.59 Å². The molecule has 1 fully saturated rings. The van der Waals surface area contributed by atoms with Crippen molar-refractivity contribution >= 4 is 11.7 Å². The highest BCUT2D eigenvalue weighted by atomic mass is 16.3. The van der Waals surface area contributed by atoms with Crippen molar-refractivity contribution < 1.29 is 19.1 Å². The summed E-state index contributed by atoms with van der Waals surface area (Å²) >= 11 is 0. The Hall–Kier alpha value is -2.04. The topological polar surface area (TPSA) is 70.8 Å². The third-order valence-corrected chi connectivity index (χ3v) is 4.70. The first-order valence-electron chi connectivity index (χ1n) is 8.16.